The highest BCUT2D eigenvalue weighted by molar-refractivity contribution is 7.18. The lowest BCUT2D eigenvalue weighted by molar-refractivity contribution is 0.0527. The van der Waals surface area contributed by atoms with Crippen LogP contribution in [-0.2, 0) is 9.47 Å². The third kappa shape index (κ3) is 4.64. The fraction of sp³-hybridized carbons (Fsp3) is 0.632. The van der Waals surface area contributed by atoms with Crippen molar-refractivity contribution >= 4 is 34.3 Å². The smallest absolute Gasteiger partial charge is 0.348 e. The number of esters is 2. The maximum Gasteiger partial charge on any atom is 0.348 e. The number of hydrogen-bond acceptors (Lipinski definition) is 7. The van der Waals surface area contributed by atoms with Crippen molar-refractivity contribution in [2.45, 2.75) is 46.7 Å². The predicted octanol–water partition coefficient (Wildman–Crippen LogP) is 2.97. The van der Waals surface area contributed by atoms with E-state index in [1.807, 2.05) is 14.0 Å². The molecule has 9 heteroatoms. The van der Waals surface area contributed by atoms with Gasteiger partial charge in [0.2, 0.25) is 0 Å². The van der Waals surface area contributed by atoms with Crippen molar-refractivity contribution < 1.29 is 23.9 Å². The summed E-state index contributed by atoms with van der Waals surface area (Å²) in [7, 11) is 2.03. The fourth-order valence-electron chi connectivity index (χ4n) is 3.19. The van der Waals surface area contributed by atoms with E-state index in [1.165, 1.54) is 0 Å². The molecule has 0 aliphatic carbocycles. The summed E-state index contributed by atoms with van der Waals surface area (Å²) < 4.78 is 10.2. The zero-order chi connectivity index (χ0) is 21.0. The first-order chi connectivity index (χ1) is 13.2. The van der Waals surface area contributed by atoms with Crippen LogP contribution in [0.15, 0.2) is 0 Å². The van der Waals surface area contributed by atoms with Crippen LogP contribution < -0.4 is 5.32 Å². The van der Waals surface area contributed by atoms with E-state index in [9.17, 15) is 14.4 Å². The Morgan fingerprint density at radius 2 is 1.68 bits per heavy atom. The number of piperazine rings is 1. The molecule has 2 heterocycles. The molecule has 1 aromatic rings. The summed E-state index contributed by atoms with van der Waals surface area (Å²) in [4.78, 5) is 41.9. The summed E-state index contributed by atoms with van der Waals surface area (Å²) in [6, 6.07) is -0.0425. The van der Waals surface area contributed by atoms with Crippen molar-refractivity contribution in [3.8, 4) is 0 Å². The van der Waals surface area contributed by atoms with Gasteiger partial charge in [-0.1, -0.05) is 0 Å². The largest absolute Gasteiger partial charge is 0.462 e. The van der Waals surface area contributed by atoms with Gasteiger partial charge in [-0.2, -0.15) is 0 Å². The second-order valence-corrected chi connectivity index (χ2v) is 7.94. The zero-order valence-electron chi connectivity index (χ0n) is 17.3. The van der Waals surface area contributed by atoms with E-state index in [0.717, 1.165) is 17.9 Å². The molecular weight excluding hydrogens is 382 g/mol. The Kier molecular flexibility index (Phi) is 7.42. The van der Waals surface area contributed by atoms with E-state index >= 15 is 0 Å². The Morgan fingerprint density at radius 3 is 2.29 bits per heavy atom. The first-order valence-corrected chi connectivity index (χ1v) is 10.3. The van der Waals surface area contributed by atoms with Crippen molar-refractivity contribution in [3.63, 3.8) is 0 Å². The van der Waals surface area contributed by atoms with E-state index in [0.29, 0.717) is 22.0 Å². The summed E-state index contributed by atoms with van der Waals surface area (Å²) in [5.41, 5.74) is 0.662. The number of urea groups is 1. The summed E-state index contributed by atoms with van der Waals surface area (Å²) >= 11 is 1.04. The lowest BCUT2D eigenvalue weighted by Crippen LogP contribution is -2.57. The molecule has 8 nitrogen and oxygen atoms in total. The second kappa shape index (κ2) is 9.38. The van der Waals surface area contributed by atoms with Crippen LogP contribution in [0.4, 0.5) is 9.80 Å². The van der Waals surface area contributed by atoms with Gasteiger partial charge in [0.15, 0.2) is 0 Å². The van der Waals surface area contributed by atoms with Gasteiger partial charge in [-0.3, -0.25) is 10.2 Å². The van der Waals surface area contributed by atoms with Gasteiger partial charge in [-0.25, -0.2) is 14.4 Å². The molecule has 0 spiro atoms. The van der Waals surface area contributed by atoms with Crippen molar-refractivity contribution in [3.05, 3.63) is 16.0 Å². The van der Waals surface area contributed by atoms with Crippen molar-refractivity contribution in [1.29, 1.82) is 0 Å². The Morgan fingerprint density at radius 1 is 1.07 bits per heavy atom. The number of carbonyl (C=O) groups is 3. The molecule has 1 aliphatic rings. The quantitative estimate of drug-likeness (QED) is 0.750. The van der Waals surface area contributed by atoms with Gasteiger partial charge in [0.1, 0.15) is 9.88 Å². The van der Waals surface area contributed by atoms with Gasteiger partial charge in [-0.05, 0) is 47.2 Å². The van der Waals surface area contributed by atoms with E-state index in [2.05, 4.69) is 17.1 Å². The summed E-state index contributed by atoms with van der Waals surface area (Å²) in [5.74, 6) is -1.08. The molecule has 0 saturated carbocycles. The Labute approximate surface area is 169 Å². The number of hydrogen-bond donors (Lipinski definition) is 1. The first-order valence-electron chi connectivity index (χ1n) is 9.46. The number of anilines is 1. The number of amides is 2. The molecule has 2 atom stereocenters. The van der Waals surface area contributed by atoms with Crippen LogP contribution in [-0.4, -0.2) is 73.2 Å². The number of rotatable bonds is 5. The summed E-state index contributed by atoms with van der Waals surface area (Å²) in [6.45, 7) is 10.9. The van der Waals surface area contributed by atoms with Crippen LogP contribution in [0.1, 0.15) is 53.3 Å². The Hall–Kier alpha value is -2.13. The summed E-state index contributed by atoms with van der Waals surface area (Å²) in [6.07, 6.45) is 0. The molecule has 28 heavy (non-hydrogen) atoms. The normalized spacial score (nSPS) is 20.0. The predicted molar refractivity (Wildman–Crippen MR) is 108 cm³/mol. The summed E-state index contributed by atoms with van der Waals surface area (Å²) in [5, 5.41) is 3.13. The third-order valence-corrected chi connectivity index (χ3v) is 6.05. The third-order valence-electron chi connectivity index (χ3n) is 4.87. The highest BCUT2D eigenvalue weighted by Crippen LogP contribution is 2.34. The molecule has 1 aliphatic heterocycles. The van der Waals surface area contributed by atoms with Crippen LogP contribution in [0.2, 0.25) is 0 Å². The van der Waals surface area contributed by atoms with Gasteiger partial charge in [-0.15, -0.1) is 11.3 Å². The van der Waals surface area contributed by atoms with Crippen LogP contribution in [0.5, 0.6) is 0 Å². The molecule has 0 bridgehead atoms. The molecule has 1 N–H and O–H groups in total. The SMILES string of the molecule is CCOC(=O)c1sc(NC(=O)N2C[C@@H](C)N(C)C[C@@H]2C)c(C(=O)OCC)c1C. The molecule has 2 rings (SSSR count). The van der Waals surface area contributed by atoms with Crippen molar-refractivity contribution in [2.24, 2.45) is 0 Å². The molecule has 0 aromatic carbocycles. The van der Waals surface area contributed by atoms with Gasteiger partial charge >= 0.3 is 18.0 Å². The van der Waals surface area contributed by atoms with Gasteiger partial charge in [0.05, 0.1) is 18.8 Å². The monoisotopic (exact) mass is 411 g/mol. The van der Waals surface area contributed by atoms with Crippen molar-refractivity contribution in [2.75, 3.05) is 38.7 Å². The molecule has 1 aromatic heterocycles. The number of nitrogens with zero attached hydrogens (tertiary/aromatic N) is 2. The van der Waals surface area contributed by atoms with E-state index in [4.69, 9.17) is 9.47 Å². The highest BCUT2D eigenvalue weighted by atomic mass is 32.1. The minimum atomic E-state index is -0.568. The average molecular weight is 412 g/mol. The van der Waals surface area contributed by atoms with E-state index < -0.39 is 11.9 Å². The van der Waals surface area contributed by atoms with Crippen LogP contribution in [0, 0.1) is 6.92 Å². The molecule has 1 fully saturated rings. The minimum Gasteiger partial charge on any atom is -0.462 e. The zero-order valence-corrected chi connectivity index (χ0v) is 18.1. The number of ether oxygens (including phenoxy) is 2. The lowest BCUT2D eigenvalue weighted by Gasteiger charge is -2.42. The number of carbonyl (C=O) groups excluding carboxylic acids is 3. The van der Waals surface area contributed by atoms with Crippen molar-refractivity contribution in [1.82, 2.24) is 9.80 Å². The first kappa shape index (κ1) is 22.2. The Bertz CT molecular complexity index is 748. The molecule has 0 unspecified atom stereocenters. The topological polar surface area (TPSA) is 88.2 Å². The minimum absolute atomic E-state index is 0.0258. The highest BCUT2D eigenvalue weighted by Gasteiger charge is 2.32. The lowest BCUT2D eigenvalue weighted by atomic mass is 10.1. The van der Waals surface area contributed by atoms with E-state index in [-0.39, 0.29) is 36.9 Å². The van der Waals surface area contributed by atoms with Gasteiger partial charge < -0.3 is 14.4 Å². The average Bonchev–Trinajstić information content (AvgIpc) is 2.94. The second-order valence-electron chi connectivity index (χ2n) is 6.92. The number of thiophene rings is 1. The molecule has 2 amide bonds. The molecule has 156 valence electrons. The van der Waals surface area contributed by atoms with Gasteiger partial charge in [0, 0.05) is 25.2 Å². The van der Waals surface area contributed by atoms with Gasteiger partial charge in [0.25, 0.3) is 0 Å². The number of likely N-dealkylation sites (N-methyl/N-ethyl adjacent to an activating group) is 1. The standard InChI is InChI=1S/C19H29N3O5S/c1-7-26-17(23)14-13(5)15(18(24)27-8-2)28-16(14)20-19(25)22-10-11(3)21(6)9-12(22)4/h11-12H,7-10H2,1-6H3,(H,20,25)/t11-,12+/m1/s1. The Balaban J connectivity index is 2.32. The molecule has 0 radical (unpaired) electrons. The van der Waals surface area contributed by atoms with Crippen LogP contribution in [0.25, 0.3) is 0 Å². The molecule has 1 saturated heterocycles. The fourth-order valence-corrected chi connectivity index (χ4v) is 4.27. The van der Waals surface area contributed by atoms with Crippen LogP contribution in [0.3, 0.4) is 0 Å². The molecular formula is C19H29N3O5S. The number of nitrogens with one attached hydrogen (secondary N) is 1. The van der Waals surface area contributed by atoms with Crippen LogP contribution >= 0.6 is 11.3 Å². The maximum absolute atomic E-state index is 12.9. The van der Waals surface area contributed by atoms with E-state index in [1.54, 1.807) is 25.7 Å². The maximum atomic E-state index is 12.9.